The molecule has 1 aromatic heterocycles. The lowest BCUT2D eigenvalue weighted by Gasteiger charge is -2.34. The fraction of sp³-hybridized carbons (Fsp3) is 0.261. The van der Waals surface area contributed by atoms with Crippen LogP contribution < -0.4 is 15.5 Å². The molecule has 2 heterocycles. The number of carbonyl (C=O) groups is 1. The molecule has 0 fully saturated rings. The smallest absolute Gasteiger partial charge is 0.240 e. The minimum absolute atomic E-state index is 0.0135. The van der Waals surface area contributed by atoms with Crippen LogP contribution >= 0.6 is 11.8 Å². The topological polar surface area (TPSA) is 55.3 Å². The molecule has 2 N–H and O–H groups in total. The Morgan fingerprint density at radius 3 is 2.52 bits per heavy atom. The maximum absolute atomic E-state index is 13.3. The summed E-state index contributed by atoms with van der Waals surface area (Å²) in [6.07, 6.45) is 0. The zero-order valence-corrected chi connectivity index (χ0v) is 17.8. The molecule has 1 amide bonds. The van der Waals surface area contributed by atoms with Crippen molar-refractivity contribution < 1.29 is 9.53 Å². The number of rotatable bonds is 4. The van der Waals surface area contributed by atoms with Gasteiger partial charge in [0.15, 0.2) is 0 Å². The van der Waals surface area contributed by atoms with Gasteiger partial charge in [0.05, 0.1) is 18.2 Å². The molecule has 1 aliphatic heterocycles. The number of hydrogen-bond donors (Lipinski definition) is 2. The average molecular weight is 408 g/mol. The van der Waals surface area contributed by atoms with Crippen molar-refractivity contribution >= 4 is 23.4 Å². The number of fused-ring (bicyclic) bond motifs is 1. The van der Waals surface area contributed by atoms with Crippen LogP contribution in [0, 0.1) is 20.8 Å². The maximum Gasteiger partial charge on any atom is 0.240 e. The van der Waals surface area contributed by atoms with E-state index in [1.807, 2.05) is 43.3 Å². The molecule has 29 heavy (non-hydrogen) atoms. The monoisotopic (exact) mass is 407 g/mol. The molecule has 6 heteroatoms. The minimum atomic E-state index is -0.314. The van der Waals surface area contributed by atoms with Crippen LogP contribution in [0.3, 0.4) is 0 Å². The molecule has 2 atom stereocenters. The lowest BCUT2D eigenvalue weighted by atomic mass is 10.0. The highest BCUT2D eigenvalue weighted by Crippen LogP contribution is 2.39. The van der Waals surface area contributed by atoms with Gasteiger partial charge in [-0.3, -0.25) is 9.47 Å². The minimum Gasteiger partial charge on any atom is -0.497 e. The predicted molar refractivity (Wildman–Crippen MR) is 118 cm³/mol. The summed E-state index contributed by atoms with van der Waals surface area (Å²) in [5.41, 5.74) is 8.78. The molecule has 5 nitrogen and oxygen atoms in total. The number of benzene rings is 2. The molecule has 3 aromatic rings. The Labute approximate surface area is 175 Å². The molecular formula is C23H25N3O2S. The van der Waals surface area contributed by atoms with Crippen LogP contribution in [0.1, 0.15) is 28.4 Å². The molecule has 0 spiro atoms. The number of hydrogen-bond acceptors (Lipinski definition) is 4. The second kappa shape index (κ2) is 7.87. The van der Waals surface area contributed by atoms with Gasteiger partial charge in [0.1, 0.15) is 11.0 Å². The van der Waals surface area contributed by atoms with E-state index in [0.29, 0.717) is 0 Å². The number of thioether (sulfide) groups is 1. The quantitative estimate of drug-likeness (QED) is 0.651. The fourth-order valence-electron chi connectivity index (χ4n) is 3.60. The number of aryl methyl sites for hydroxylation is 3. The first-order valence-electron chi connectivity index (χ1n) is 9.60. The first-order chi connectivity index (χ1) is 14.0. The summed E-state index contributed by atoms with van der Waals surface area (Å²) in [4.78, 5) is 13.3. The summed E-state index contributed by atoms with van der Waals surface area (Å²) in [6.45, 7) is 6.12. The van der Waals surface area contributed by atoms with Gasteiger partial charge in [-0.05, 0) is 62.2 Å². The second-order valence-electron chi connectivity index (χ2n) is 7.37. The fourth-order valence-corrected chi connectivity index (χ4v) is 4.83. The van der Waals surface area contributed by atoms with E-state index in [9.17, 15) is 4.79 Å². The predicted octanol–water partition coefficient (Wildman–Crippen LogP) is 4.82. The largest absolute Gasteiger partial charge is 0.497 e. The molecular weight excluding hydrogens is 382 g/mol. The molecule has 4 rings (SSSR count). The van der Waals surface area contributed by atoms with Crippen molar-refractivity contribution in [3.05, 3.63) is 77.0 Å². The highest BCUT2D eigenvalue weighted by atomic mass is 32.2. The normalized spacial score (nSPS) is 17.9. The van der Waals surface area contributed by atoms with Crippen molar-refractivity contribution in [1.82, 2.24) is 4.68 Å². The number of carbonyl (C=O) groups excluding carboxylic acids is 1. The number of aromatic nitrogens is 1. The van der Waals surface area contributed by atoms with Crippen molar-refractivity contribution in [2.24, 2.45) is 0 Å². The third kappa shape index (κ3) is 3.85. The number of amides is 1. The lowest BCUT2D eigenvalue weighted by molar-refractivity contribution is -0.116. The van der Waals surface area contributed by atoms with Crippen molar-refractivity contribution in [3.63, 3.8) is 0 Å². The summed E-state index contributed by atoms with van der Waals surface area (Å²) in [6, 6.07) is 17.9. The van der Waals surface area contributed by atoms with E-state index in [2.05, 4.69) is 47.5 Å². The number of nitrogens with one attached hydrogen (secondary N) is 2. The summed E-state index contributed by atoms with van der Waals surface area (Å²) in [7, 11) is 1.65. The Morgan fingerprint density at radius 2 is 1.83 bits per heavy atom. The highest BCUT2D eigenvalue weighted by molar-refractivity contribution is 8.00. The van der Waals surface area contributed by atoms with Gasteiger partial charge in [-0.25, -0.2) is 0 Å². The number of ether oxygens (including phenoxy) is 1. The Bertz CT molecular complexity index is 1040. The second-order valence-corrected chi connectivity index (χ2v) is 8.54. The third-order valence-electron chi connectivity index (χ3n) is 5.23. The van der Waals surface area contributed by atoms with Crippen LogP contribution in [-0.2, 0) is 4.79 Å². The molecule has 0 radical (unpaired) electrons. The van der Waals surface area contributed by atoms with E-state index in [4.69, 9.17) is 4.74 Å². The van der Waals surface area contributed by atoms with E-state index < -0.39 is 0 Å². The van der Waals surface area contributed by atoms with Gasteiger partial charge in [0, 0.05) is 11.4 Å². The molecule has 0 aliphatic carbocycles. The van der Waals surface area contributed by atoms with E-state index in [-0.39, 0.29) is 17.2 Å². The van der Waals surface area contributed by atoms with Crippen molar-refractivity contribution in [2.75, 3.05) is 17.9 Å². The van der Waals surface area contributed by atoms with Crippen molar-refractivity contribution in [2.45, 2.75) is 37.1 Å². The Morgan fingerprint density at radius 1 is 1.07 bits per heavy atom. The van der Waals surface area contributed by atoms with Crippen molar-refractivity contribution in [1.29, 1.82) is 0 Å². The van der Waals surface area contributed by atoms with E-state index in [1.54, 1.807) is 18.9 Å². The third-order valence-corrected chi connectivity index (χ3v) is 6.53. The van der Waals surface area contributed by atoms with Gasteiger partial charge in [0.2, 0.25) is 5.91 Å². The standard InChI is InChI=1S/C23H25N3O2S/c1-14-5-11-19(15(2)13-14)24-23(27)22-21(17-7-9-18(28-4)10-8-17)25-26-16(3)6-12-20(26)29-22/h5-13,21-22,25H,1-4H3,(H,24,27). The van der Waals surface area contributed by atoms with Crippen LogP contribution in [0.15, 0.2) is 59.6 Å². The SMILES string of the molecule is COc1ccc(C2Nn3c(C)ccc3SC2C(=O)Nc2ccc(C)cc2C)cc1. The molecule has 0 saturated carbocycles. The van der Waals surface area contributed by atoms with Crippen LogP contribution in [0.4, 0.5) is 5.69 Å². The average Bonchev–Trinajstić information content (AvgIpc) is 3.09. The molecule has 0 saturated heterocycles. The van der Waals surface area contributed by atoms with Gasteiger partial charge in [-0.2, -0.15) is 0 Å². The van der Waals surface area contributed by atoms with Crippen LogP contribution in [0.5, 0.6) is 5.75 Å². The zero-order chi connectivity index (χ0) is 20.5. The molecule has 2 unspecified atom stereocenters. The number of anilines is 1. The van der Waals surface area contributed by atoms with Crippen LogP contribution in [0.25, 0.3) is 0 Å². The molecule has 2 aromatic carbocycles. The van der Waals surface area contributed by atoms with Crippen LogP contribution in [0.2, 0.25) is 0 Å². The maximum atomic E-state index is 13.3. The lowest BCUT2D eigenvalue weighted by Crippen LogP contribution is -2.41. The number of methoxy groups -OCH3 is 1. The summed E-state index contributed by atoms with van der Waals surface area (Å²) in [5, 5.41) is 3.85. The molecule has 150 valence electrons. The van der Waals surface area contributed by atoms with Crippen molar-refractivity contribution in [3.8, 4) is 5.75 Å². The Kier molecular flexibility index (Phi) is 5.28. The Hall–Kier alpha value is -2.86. The van der Waals surface area contributed by atoms with Gasteiger partial charge in [-0.1, -0.05) is 41.6 Å². The highest BCUT2D eigenvalue weighted by Gasteiger charge is 2.36. The van der Waals surface area contributed by atoms with Gasteiger partial charge in [-0.15, -0.1) is 0 Å². The first-order valence-corrected chi connectivity index (χ1v) is 10.5. The number of nitrogens with zero attached hydrogens (tertiary/aromatic N) is 1. The summed E-state index contributed by atoms with van der Waals surface area (Å²) in [5.74, 6) is 0.784. The first kappa shape index (κ1) is 19.5. The van der Waals surface area contributed by atoms with E-state index in [1.165, 1.54) is 5.56 Å². The van der Waals surface area contributed by atoms with Gasteiger partial charge < -0.3 is 15.5 Å². The summed E-state index contributed by atoms with van der Waals surface area (Å²) >= 11 is 1.58. The van der Waals surface area contributed by atoms with E-state index >= 15 is 0 Å². The van der Waals surface area contributed by atoms with Gasteiger partial charge in [0.25, 0.3) is 0 Å². The van der Waals surface area contributed by atoms with E-state index in [0.717, 1.165) is 33.3 Å². The summed E-state index contributed by atoms with van der Waals surface area (Å²) < 4.78 is 7.34. The zero-order valence-electron chi connectivity index (χ0n) is 17.0. The molecule has 0 bridgehead atoms. The van der Waals surface area contributed by atoms with Gasteiger partial charge >= 0.3 is 0 Å². The van der Waals surface area contributed by atoms with Crippen LogP contribution in [-0.4, -0.2) is 22.9 Å². The Balaban J connectivity index is 1.66. The molecule has 1 aliphatic rings.